The second-order valence-electron chi connectivity index (χ2n) is 5.80. The Kier molecular flexibility index (Phi) is 3.92. The highest BCUT2D eigenvalue weighted by Gasteiger charge is 2.24. The molecule has 0 saturated heterocycles. The lowest BCUT2D eigenvalue weighted by molar-refractivity contribution is 0.0924. The lowest BCUT2D eigenvalue weighted by atomic mass is 10.0. The SMILES string of the molecule is CC[C@@H](C(=O)c1ccc(C)cc1)n1cnc2c1c(=O)[nH]c(=O)n2C. The molecule has 124 valence electrons. The van der Waals surface area contributed by atoms with Crippen LogP contribution in [0, 0.1) is 6.92 Å². The van der Waals surface area contributed by atoms with Crippen molar-refractivity contribution in [3.05, 3.63) is 62.6 Å². The Balaban J connectivity index is 2.15. The first kappa shape index (κ1) is 15.9. The van der Waals surface area contributed by atoms with E-state index < -0.39 is 17.3 Å². The van der Waals surface area contributed by atoms with E-state index in [4.69, 9.17) is 0 Å². The van der Waals surface area contributed by atoms with Gasteiger partial charge in [0.05, 0.1) is 12.4 Å². The number of aryl methyl sites for hydroxylation is 2. The summed E-state index contributed by atoms with van der Waals surface area (Å²) in [5.74, 6) is -0.0925. The zero-order chi connectivity index (χ0) is 17.4. The molecule has 7 nitrogen and oxygen atoms in total. The lowest BCUT2D eigenvalue weighted by Gasteiger charge is -2.16. The Morgan fingerprint density at radius 1 is 1.25 bits per heavy atom. The molecule has 0 bridgehead atoms. The normalized spacial score (nSPS) is 12.5. The van der Waals surface area contributed by atoms with Gasteiger partial charge in [-0.05, 0) is 13.3 Å². The van der Waals surface area contributed by atoms with Crippen LogP contribution in [-0.4, -0.2) is 24.9 Å². The van der Waals surface area contributed by atoms with Gasteiger partial charge in [0.25, 0.3) is 5.56 Å². The average Bonchev–Trinajstić information content (AvgIpc) is 2.99. The second kappa shape index (κ2) is 5.92. The van der Waals surface area contributed by atoms with Gasteiger partial charge < -0.3 is 4.57 Å². The van der Waals surface area contributed by atoms with Gasteiger partial charge in [-0.25, -0.2) is 9.78 Å². The number of hydrogen-bond acceptors (Lipinski definition) is 4. The van der Waals surface area contributed by atoms with Gasteiger partial charge in [0.1, 0.15) is 0 Å². The average molecular weight is 326 g/mol. The summed E-state index contributed by atoms with van der Waals surface area (Å²) in [6, 6.07) is 6.75. The fraction of sp³-hybridized carbons (Fsp3) is 0.294. The molecule has 3 aromatic rings. The van der Waals surface area contributed by atoms with E-state index in [0.29, 0.717) is 12.0 Å². The number of aromatic nitrogens is 4. The molecule has 0 spiro atoms. The molecular formula is C17H18N4O3. The standard InChI is InChI=1S/C17H18N4O3/c1-4-12(14(22)11-7-5-10(2)6-8-11)21-9-18-15-13(21)16(23)19-17(24)20(15)3/h5-9,12H,4H2,1-3H3,(H,19,23,24)/t12-/m0/s1. The molecule has 0 amide bonds. The highest BCUT2D eigenvalue weighted by atomic mass is 16.2. The van der Waals surface area contributed by atoms with Crippen LogP contribution in [0.25, 0.3) is 11.2 Å². The van der Waals surface area contributed by atoms with Crippen LogP contribution in [0.5, 0.6) is 0 Å². The number of carbonyl (C=O) groups is 1. The predicted octanol–water partition coefficient (Wildman–Crippen LogP) is 1.57. The molecule has 1 aromatic carbocycles. The zero-order valence-electron chi connectivity index (χ0n) is 13.7. The minimum absolute atomic E-state index is 0.0925. The van der Waals surface area contributed by atoms with Gasteiger partial charge >= 0.3 is 5.69 Å². The molecule has 0 aliphatic rings. The number of fused-ring (bicyclic) bond motifs is 1. The van der Waals surface area contributed by atoms with Crippen molar-refractivity contribution < 1.29 is 4.79 Å². The molecule has 1 atom stereocenters. The van der Waals surface area contributed by atoms with Crippen LogP contribution in [0.1, 0.15) is 35.3 Å². The Morgan fingerprint density at radius 3 is 2.54 bits per heavy atom. The summed E-state index contributed by atoms with van der Waals surface area (Å²) in [7, 11) is 1.53. The van der Waals surface area contributed by atoms with Crippen molar-refractivity contribution in [2.45, 2.75) is 26.3 Å². The second-order valence-corrected chi connectivity index (χ2v) is 5.80. The van der Waals surface area contributed by atoms with E-state index in [-0.39, 0.29) is 16.9 Å². The van der Waals surface area contributed by atoms with E-state index in [0.717, 1.165) is 5.56 Å². The lowest BCUT2D eigenvalue weighted by Crippen LogP contribution is -2.30. The molecule has 0 fully saturated rings. The first-order valence-corrected chi connectivity index (χ1v) is 7.70. The maximum Gasteiger partial charge on any atom is 0.329 e. The number of benzene rings is 1. The number of Topliss-reactive ketones (excluding diaryl/α,β-unsaturated/α-hetero) is 1. The minimum atomic E-state index is -0.559. The summed E-state index contributed by atoms with van der Waals surface area (Å²) in [5, 5.41) is 0. The Hall–Kier alpha value is -2.96. The molecular weight excluding hydrogens is 308 g/mol. The molecule has 2 heterocycles. The van der Waals surface area contributed by atoms with Crippen LogP contribution in [0.3, 0.4) is 0 Å². The summed E-state index contributed by atoms with van der Waals surface area (Å²) in [4.78, 5) is 43.2. The fourth-order valence-corrected chi connectivity index (χ4v) is 2.81. The van der Waals surface area contributed by atoms with Gasteiger partial charge in [0.2, 0.25) is 0 Å². The van der Waals surface area contributed by atoms with Gasteiger partial charge in [-0.15, -0.1) is 0 Å². The number of carbonyl (C=O) groups excluding carboxylic acids is 1. The maximum absolute atomic E-state index is 12.9. The van der Waals surface area contributed by atoms with Crippen LogP contribution in [-0.2, 0) is 7.05 Å². The maximum atomic E-state index is 12.9. The quantitative estimate of drug-likeness (QED) is 0.737. The smallest absolute Gasteiger partial charge is 0.314 e. The zero-order valence-corrected chi connectivity index (χ0v) is 13.7. The molecule has 0 unspecified atom stereocenters. The number of imidazole rings is 1. The number of aromatic amines is 1. The first-order chi connectivity index (χ1) is 11.4. The molecule has 1 N–H and O–H groups in total. The van der Waals surface area contributed by atoms with Crippen molar-refractivity contribution >= 4 is 16.9 Å². The predicted molar refractivity (Wildman–Crippen MR) is 90.4 cm³/mol. The molecule has 2 aromatic heterocycles. The van der Waals surface area contributed by atoms with Crippen LogP contribution in [0.4, 0.5) is 0 Å². The summed E-state index contributed by atoms with van der Waals surface area (Å²) < 4.78 is 2.81. The summed E-state index contributed by atoms with van der Waals surface area (Å²) in [5.41, 5.74) is 1.06. The highest BCUT2D eigenvalue weighted by molar-refractivity contribution is 5.99. The number of nitrogens with zero attached hydrogens (tertiary/aromatic N) is 3. The van der Waals surface area contributed by atoms with Crippen LogP contribution in [0.2, 0.25) is 0 Å². The van der Waals surface area contributed by atoms with Crippen molar-refractivity contribution in [3.63, 3.8) is 0 Å². The third-order valence-corrected chi connectivity index (χ3v) is 4.19. The van der Waals surface area contributed by atoms with Gasteiger partial charge in [-0.1, -0.05) is 36.8 Å². The fourth-order valence-electron chi connectivity index (χ4n) is 2.81. The van der Waals surface area contributed by atoms with Gasteiger partial charge in [-0.2, -0.15) is 0 Å². The van der Waals surface area contributed by atoms with Crippen molar-refractivity contribution in [1.82, 2.24) is 19.1 Å². The number of hydrogen-bond donors (Lipinski definition) is 1. The number of nitrogens with one attached hydrogen (secondary N) is 1. The summed E-state index contributed by atoms with van der Waals surface area (Å²) >= 11 is 0. The largest absolute Gasteiger partial charge is 0.329 e. The summed E-state index contributed by atoms with van der Waals surface area (Å²) in [6.45, 7) is 3.83. The van der Waals surface area contributed by atoms with E-state index in [1.54, 1.807) is 16.7 Å². The van der Waals surface area contributed by atoms with E-state index in [9.17, 15) is 14.4 Å². The van der Waals surface area contributed by atoms with E-state index in [1.807, 2.05) is 26.0 Å². The molecule has 0 aliphatic carbocycles. The van der Waals surface area contributed by atoms with Crippen molar-refractivity contribution in [1.29, 1.82) is 0 Å². The van der Waals surface area contributed by atoms with Crippen LogP contribution in [0.15, 0.2) is 40.2 Å². The van der Waals surface area contributed by atoms with E-state index in [2.05, 4.69) is 9.97 Å². The monoisotopic (exact) mass is 326 g/mol. The molecule has 0 radical (unpaired) electrons. The van der Waals surface area contributed by atoms with Crippen molar-refractivity contribution in [2.75, 3.05) is 0 Å². The third kappa shape index (κ3) is 2.47. The van der Waals surface area contributed by atoms with Gasteiger partial charge in [0.15, 0.2) is 16.9 Å². The van der Waals surface area contributed by atoms with Gasteiger partial charge in [0, 0.05) is 12.6 Å². The summed E-state index contributed by atoms with van der Waals surface area (Å²) in [6.07, 6.45) is 1.94. The Labute approximate surface area is 137 Å². The van der Waals surface area contributed by atoms with Crippen LogP contribution < -0.4 is 11.2 Å². The Bertz CT molecular complexity index is 1020. The third-order valence-electron chi connectivity index (χ3n) is 4.19. The van der Waals surface area contributed by atoms with E-state index in [1.165, 1.54) is 17.9 Å². The van der Waals surface area contributed by atoms with Crippen molar-refractivity contribution in [3.8, 4) is 0 Å². The van der Waals surface area contributed by atoms with Crippen LogP contribution >= 0.6 is 0 Å². The molecule has 24 heavy (non-hydrogen) atoms. The number of ketones is 1. The molecule has 0 aliphatic heterocycles. The topological polar surface area (TPSA) is 89.8 Å². The minimum Gasteiger partial charge on any atom is -0.314 e. The first-order valence-electron chi connectivity index (χ1n) is 7.70. The van der Waals surface area contributed by atoms with Crippen molar-refractivity contribution in [2.24, 2.45) is 7.05 Å². The Morgan fingerprint density at radius 2 is 1.92 bits per heavy atom. The van der Waals surface area contributed by atoms with Gasteiger partial charge in [-0.3, -0.25) is 19.1 Å². The molecule has 0 saturated carbocycles. The number of rotatable bonds is 4. The molecule has 3 rings (SSSR count). The highest BCUT2D eigenvalue weighted by Crippen LogP contribution is 2.21. The molecule has 7 heteroatoms. The van der Waals surface area contributed by atoms with E-state index >= 15 is 0 Å². The number of H-pyrrole nitrogens is 1.